The van der Waals surface area contributed by atoms with Crippen LogP contribution < -0.4 is 4.74 Å². The Morgan fingerprint density at radius 2 is 2.05 bits per heavy atom. The molecule has 0 aliphatic carbocycles. The van der Waals surface area contributed by atoms with E-state index in [1.54, 1.807) is 24.1 Å². The Balaban J connectivity index is 2.24. The standard InChI is InChI=1S/C15H22N2O3/c1-15(2)10-17(8-7-16(15)3)14(19)12-9-11(20-4)5-6-13(12)18/h5-6,9,18H,7-8,10H2,1-4H3. The molecule has 1 N–H and O–H groups in total. The maximum absolute atomic E-state index is 12.6. The van der Waals surface area contributed by atoms with Gasteiger partial charge in [0.05, 0.1) is 12.7 Å². The zero-order chi connectivity index (χ0) is 14.9. The predicted octanol–water partition coefficient (Wildman–Crippen LogP) is 1.57. The van der Waals surface area contributed by atoms with Gasteiger partial charge in [-0.1, -0.05) is 0 Å². The van der Waals surface area contributed by atoms with Crippen LogP contribution in [0.15, 0.2) is 18.2 Å². The molecule has 1 aromatic carbocycles. The summed E-state index contributed by atoms with van der Waals surface area (Å²) in [5.74, 6) is 0.412. The Bertz CT molecular complexity index is 514. The first-order valence-electron chi connectivity index (χ1n) is 6.72. The van der Waals surface area contributed by atoms with E-state index in [4.69, 9.17) is 4.74 Å². The van der Waals surface area contributed by atoms with Gasteiger partial charge in [-0.15, -0.1) is 0 Å². The summed E-state index contributed by atoms with van der Waals surface area (Å²) in [7, 11) is 3.60. The molecule has 1 fully saturated rings. The van der Waals surface area contributed by atoms with E-state index in [1.807, 2.05) is 0 Å². The number of ether oxygens (including phenoxy) is 1. The number of carbonyl (C=O) groups excluding carboxylic acids is 1. The third-order valence-electron chi connectivity index (χ3n) is 4.04. The molecule has 1 heterocycles. The van der Waals surface area contributed by atoms with E-state index in [2.05, 4.69) is 25.8 Å². The molecule has 0 radical (unpaired) electrons. The number of nitrogens with zero attached hydrogens (tertiary/aromatic N) is 2. The average Bonchev–Trinajstić information content (AvgIpc) is 2.41. The molecule has 1 aromatic rings. The van der Waals surface area contributed by atoms with E-state index in [-0.39, 0.29) is 17.2 Å². The Morgan fingerprint density at radius 3 is 2.65 bits per heavy atom. The van der Waals surface area contributed by atoms with Crippen LogP contribution in [0.2, 0.25) is 0 Å². The van der Waals surface area contributed by atoms with Crippen LogP contribution in [0.25, 0.3) is 0 Å². The lowest BCUT2D eigenvalue weighted by Gasteiger charge is -2.45. The van der Waals surface area contributed by atoms with Crippen LogP contribution >= 0.6 is 0 Å². The topological polar surface area (TPSA) is 53.0 Å². The molecule has 0 saturated carbocycles. The summed E-state index contributed by atoms with van der Waals surface area (Å²) in [6.07, 6.45) is 0. The maximum Gasteiger partial charge on any atom is 0.257 e. The highest BCUT2D eigenvalue weighted by atomic mass is 16.5. The van der Waals surface area contributed by atoms with Crippen molar-refractivity contribution in [3.63, 3.8) is 0 Å². The molecule has 2 rings (SSSR count). The third-order valence-corrected chi connectivity index (χ3v) is 4.04. The summed E-state index contributed by atoms with van der Waals surface area (Å²) in [6, 6.07) is 4.72. The molecule has 110 valence electrons. The van der Waals surface area contributed by atoms with Gasteiger partial charge in [-0.05, 0) is 39.1 Å². The SMILES string of the molecule is COc1ccc(O)c(C(=O)N2CCN(C)C(C)(C)C2)c1. The number of amides is 1. The quantitative estimate of drug-likeness (QED) is 0.892. The van der Waals surface area contributed by atoms with Gasteiger partial charge >= 0.3 is 0 Å². The second kappa shape index (κ2) is 5.32. The number of rotatable bonds is 2. The molecule has 0 bridgehead atoms. The number of hydrogen-bond acceptors (Lipinski definition) is 4. The molecular formula is C15H22N2O3. The number of methoxy groups -OCH3 is 1. The molecule has 5 nitrogen and oxygen atoms in total. The van der Waals surface area contributed by atoms with E-state index in [9.17, 15) is 9.90 Å². The fourth-order valence-electron chi connectivity index (χ4n) is 2.40. The predicted molar refractivity (Wildman–Crippen MR) is 77.3 cm³/mol. The Labute approximate surface area is 119 Å². The molecule has 1 aliphatic heterocycles. The number of hydrogen-bond donors (Lipinski definition) is 1. The second-order valence-corrected chi connectivity index (χ2v) is 5.84. The number of carbonyl (C=O) groups is 1. The highest BCUT2D eigenvalue weighted by molar-refractivity contribution is 5.97. The van der Waals surface area contributed by atoms with Crippen molar-refractivity contribution in [2.75, 3.05) is 33.8 Å². The molecule has 0 aromatic heterocycles. The Kier molecular flexibility index (Phi) is 3.90. The monoisotopic (exact) mass is 278 g/mol. The van der Waals surface area contributed by atoms with Crippen LogP contribution in [0.5, 0.6) is 11.5 Å². The number of phenolic OH excluding ortho intramolecular Hbond substituents is 1. The van der Waals surface area contributed by atoms with Crippen molar-refractivity contribution >= 4 is 5.91 Å². The van der Waals surface area contributed by atoms with Gasteiger partial charge in [0, 0.05) is 25.2 Å². The van der Waals surface area contributed by atoms with Crippen LogP contribution in [0, 0.1) is 0 Å². The lowest BCUT2D eigenvalue weighted by molar-refractivity contribution is 0.0309. The molecule has 1 amide bonds. The van der Waals surface area contributed by atoms with E-state index < -0.39 is 0 Å². The van der Waals surface area contributed by atoms with Crippen LogP contribution in [0.3, 0.4) is 0 Å². The van der Waals surface area contributed by atoms with Gasteiger partial charge in [-0.25, -0.2) is 0 Å². The summed E-state index contributed by atoms with van der Waals surface area (Å²) < 4.78 is 5.12. The maximum atomic E-state index is 12.6. The lowest BCUT2D eigenvalue weighted by Crippen LogP contribution is -2.58. The minimum Gasteiger partial charge on any atom is -0.507 e. The van der Waals surface area contributed by atoms with Crippen molar-refractivity contribution in [1.82, 2.24) is 9.80 Å². The molecule has 0 atom stereocenters. The molecular weight excluding hydrogens is 256 g/mol. The molecule has 20 heavy (non-hydrogen) atoms. The first-order chi connectivity index (χ1) is 9.35. The van der Waals surface area contributed by atoms with E-state index in [1.165, 1.54) is 6.07 Å². The number of aromatic hydroxyl groups is 1. The number of benzene rings is 1. The van der Waals surface area contributed by atoms with Crippen molar-refractivity contribution < 1.29 is 14.6 Å². The van der Waals surface area contributed by atoms with Crippen LogP contribution in [-0.2, 0) is 0 Å². The van der Waals surface area contributed by atoms with Gasteiger partial charge in [-0.3, -0.25) is 9.69 Å². The summed E-state index contributed by atoms with van der Waals surface area (Å²) >= 11 is 0. The summed E-state index contributed by atoms with van der Waals surface area (Å²) in [6.45, 7) is 6.34. The molecule has 0 unspecified atom stereocenters. The summed E-state index contributed by atoms with van der Waals surface area (Å²) in [5.41, 5.74) is 0.229. The van der Waals surface area contributed by atoms with Crippen LogP contribution in [0.1, 0.15) is 24.2 Å². The largest absolute Gasteiger partial charge is 0.507 e. The fourth-order valence-corrected chi connectivity index (χ4v) is 2.40. The van der Waals surface area contributed by atoms with Crippen molar-refractivity contribution in [2.45, 2.75) is 19.4 Å². The van der Waals surface area contributed by atoms with Gasteiger partial charge in [0.15, 0.2) is 0 Å². The minimum absolute atomic E-state index is 0.00691. The normalized spacial score (nSPS) is 18.9. The van der Waals surface area contributed by atoms with Crippen molar-refractivity contribution in [1.29, 1.82) is 0 Å². The van der Waals surface area contributed by atoms with E-state index in [0.29, 0.717) is 24.4 Å². The van der Waals surface area contributed by atoms with Gasteiger partial charge in [-0.2, -0.15) is 0 Å². The highest BCUT2D eigenvalue weighted by Gasteiger charge is 2.34. The molecule has 1 aliphatic rings. The minimum atomic E-state index is -0.150. The molecule has 5 heteroatoms. The lowest BCUT2D eigenvalue weighted by atomic mass is 9.99. The van der Waals surface area contributed by atoms with Crippen LogP contribution in [0.4, 0.5) is 0 Å². The van der Waals surface area contributed by atoms with Gasteiger partial charge in [0.2, 0.25) is 0 Å². The van der Waals surface area contributed by atoms with Crippen molar-refractivity contribution in [3.05, 3.63) is 23.8 Å². The smallest absolute Gasteiger partial charge is 0.257 e. The number of piperazine rings is 1. The highest BCUT2D eigenvalue weighted by Crippen LogP contribution is 2.26. The summed E-state index contributed by atoms with van der Waals surface area (Å²) in [4.78, 5) is 16.6. The van der Waals surface area contributed by atoms with Crippen LogP contribution in [-0.4, -0.2) is 60.1 Å². The average molecular weight is 278 g/mol. The Morgan fingerprint density at radius 1 is 1.35 bits per heavy atom. The van der Waals surface area contributed by atoms with E-state index in [0.717, 1.165) is 6.54 Å². The fraction of sp³-hybridized carbons (Fsp3) is 0.533. The van der Waals surface area contributed by atoms with Crippen molar-refractivity contribution in [2.24, 2.45) is 0 Å². The zero-order valence-electron chi connectivity index (χ0n) is 12.5. The number of phenols is 1. The van der Waals surface area contributed by atoms with E-state index >= 15 is 0 Å². The molecule has 1 saturated heterocycles. The number of likely N-dealkylation sites (N-methyl/N-ethyl adjacent to an activating group) is 1. The van der Waals surface area contributed by atoms with Gasteiger partial charge < -0.3 is 14.7 Å². The summed E-state index contributed by atoms with van der Waals surface area (Å²) in [5, 5.41) is 9.90. The third kappa shape index (κ3) is 2.72. The second-order valence-electron chi connectivity index (χ2n) is 5.84. The first kappa shape index (κ1) is 14.7. The first-order valence-corrected chi connectivity index (χ1v) is 6.72. The zero-order valence-corrected chi connectivity index (χ0v) is 12.5. The van der Waals surface area contributed by atoms with Gasteiger partial charge in [0.25, 0.3) is 5.91 Å². The van der Waals surface area contributed by atoms with Gasteiger partial charge in [0.1, 0.15) is 11.5 Å². The van der Waals surface area contributed by atoms with Crippen molar-refractivity contribution in [3.8, 4) is 11.5 Å². The molecule has 0 spiro atoms. The Hall–Kier alpha value is -1.75.